The van der Waals surface area contributed by atoms with Gasteiger partial charge in [0, 0.05) is 13.0 Å². The van der Waals surface area contributed by atoms with E-state index in [2.05, 4.69) is 6.07 Å². The van der Waals surface area contributed by atoms with E-state index in [-0.39, 0.29) is 11.8 Å². The summed E-state index contributed by atoms with van der Waals surface area (Å²) in [7, 11) is 1.78. The number of nitrogens with zero attached hydrogens (tertiary/aromatic N) is 2. The molecule has 0 N–H and O–H groups in total. The number of benzene rings is 1. The van der Waals surface area contributed by atoms with Crippen LogP contribution in [0.3, 0.4) is 0 Å². The van der Waals surface area contributed by atoms with E-state index >= 15 is 0 Å². The number of fused-ring (bicyclic) bond motifs is 1. The Hall–Kier alpha value is -1.82. The van der Waals surface area contributed by atoms with Gasteiger partial charge in [-0.15, -0.1) is 0 Å². The molecule has 2 saturated carbocycles. The first-order valence-electron chi connectivity index (χ1n) is 6.50. The van der Waals surface area contributed by atoms with Gasteiger partial charge in [-0.3, -0.25) is 4.79 Å². The zero-order valence-electron chi connectivity index (χ0n) is 10.5. The Balaban J connectivity index is 1.80. The number of hydrogen-bond acceptors (Lipinski definition) is 2. The highest BCUT2D eigenvalue weighted by Gasteiger charge is 2.57. The highest BCUT2D eigenvalue weighted by atomic mass is 16.2. The lowest BCUT2D eigenvalue weighted by Crippen LogP contribution is -2.29. The molecule has 1 amide bonds. The van der Waals surface area contributed by atoms with Gasteiger partial charge in [0.25, 0.3) is 0 Å². The van der Waals surface area contributed by atoms with Crippen LogP contribution in [-0.2, 0) is 4.79 Å². The summed E-state index contributed by atoms with van der Waals surface area (Å²) in [5, 5.41) is 9.08. The number of amides is 1. The Morgan fingerprint density at radius 3 is 2.67 bits per heavy atom. The fourth-order valence-corrected chi connectivity index (χ4v) is 3.39. The number of carbonyl (C=O) groups is 1. The lowest BCUT2D eigenvalue weighted by atomic mass is 10.1. The minimum Gasteiger partial charge on any atom is -0.314 e. The van der Waals surface area contributed by atoms with Crippen LogP contribution in [-0.4, -0.2) is 13.0 Å². The van der Waals surface area contributed by atoms with E-state index in [0.29, 0.717) is 17.4 Å². The maximum Gasteiger partial charge on any atom is 0.230 e. The van der Waals surface area contributed by atoms with E-state index in [4.69, 9.17) is 5.26 Å². The number of carbonyl (C=O) groups excluding carboxylic acids is 1. The molecular weight excluding hydrogens is 224 g/mol. The Morgan fingerprint density at radius 2 is 2.00 bits per heavy atom. The second-order valence-corrected chi connectivity index (χ2v) is 5.31. The average Bonchev–Trinajstić information content (AvgIpc) is 2.89. The van der Waals surface area contributed by atoms with Gasteiger partial charge in [0.05, 0.1) is 11.3 Å². The zero-order valence-corrected chi connectivity index (χ0v) is 10.5. The van der Waals surface area contributed by atoms with Gasteiger partial charge in [0.15, 0.2) is 0 Å². The smallest absolute Gasteiger partial charge is 0.230 e. The van der Waals surface area contributed by atoms with Crippen molar-refractivity contribution in [2.45, 2.75) is 19.3 Å². The normalized spacial score (nSPS) is 28.3. The Labute approximate surface area is 107 Å². The van der Waals surface area contributed by atoms with Crippen molar-refractivity contribution in [1.29, 1.82) is 5.26 Å². The lowest BCUT2D eigenvalue weighted by Gasteiger charge is -2.19. The molecule has 0 spiro atoms. The van der Waals surface area contributed by atoms with Gasteiger partial charge in [0.1, 0.15) is 6.07 Å². The summed E-state index contributed by atoms with van der Waals surface area (Å²) >= 11 is 0. The third-order valence-electron chi connectivity index (χ3n) is 4.41. The molecule has 0 aliphatic heterocycles. The predicted molar refractivity (Wildman–Crippen MR) is 68.9 cm³/mol. The molecular formula is C15H16N2O. The second-order valence-electron chi connectivity index (χ2n) is 5.31. The lowest BCUT2D eigenvalue weighted by molar-refractivity contribution is -0.120. The highest BCUT2D eigenvalue weighted by Crippen LogP contribution is 2.58. The van der Waals surface area contributed by atoms with Crippen LogP contribution < -0.4 is 4.90 Å². The van der Waals surface area contributed by atoms with Gasteiger partial charge in [0.2, 0.25) is 5.91 Å². The Morgan fingerprint density at radius 1 is 1.33 bits per heavy atom. The van der Waals surface area contributed by atoms with Gasteiger partial charge in [-0.05, 0) is 36.8 Å². The third kappa shape index (κ3) is 1.60. The molecule has 1 aromatic rings. The number of hydrogen-bond donors (Lipinski definition) is 0. The van der Waals surface area contributed by atoms with Crippen LogP contribution in [0.5, 0.6) is 0 Å². The maximum atomic E-state index is 12.4. The monoisotopic (exact) mass is 240 g/mol. The van der Waals surface area contributed by atoms with E-state index in [1.165, 1.54) is 19.3 Å². The van der Waals surface area contributed by atoms with Crippen molar-refractivity contribution in [1.82, 2.24) is 0 Å². The van der Waals surface area contributed by atoms with Crippen LogP contribution in [0, 0.1) is 29.1 Å². The van der Waals surface area contributed by atoms with E-state index in [9.17, 15) is 4.79 Å². The van der Waals surface area contributed by atoms with Crippen LogP contribution in [0.25, 0.3) is 0 Å². The van der Waals surface area contributed by atoms with E-state index in [1.807, 2.05) is 18.2 Å². The first kappa shape index (κ1) is 11.3. The molecule has 3 rings (SSSR count). The molecule has 2 atom stereocenters. The fraction of sp³-hybridized carbons (Fsp3) is 0.467. The molecule has 2 aliphatic rings. The Bertz CT molecular complexity index is 522. The standard InChI is InChI=1S/C15H16N2O/c1-17(13-8-3-2-5-10(13)9-16)15(18)14-11-6-4-7-12(11)14/h2-3,5,8,11-12,14H,4,6-7H2,1H3. The predicted octanol–water partition coefficient (Wildman–Crippen LogP) is 2.57. The Kier molecular flexibility index (Phi) is 2.59. The van der Waals surface area contributed by atoms with Crippen LogP contribution >= 0.6 is 0 Å². The summed E-state index contributed by atoms with van der Waals surface area (Å²) in [6, 6.07) is 9.44. The second kappa shape index (κ2) is 4.13. The van der Waals surface area contributed by atoms with Gasteiger partial charge in [-0.2, -0.15) is 5.26 Å². The van der Waals surface area contributed by atoms with Crippen molar-refractivity contribution < 1.29 is 4.79 Å². The summed E-state index contributed by atoms with van der Waals surface area (Å²) < 4.78 is 0. The van der Waals surface area contributed by atoms with Crippen LogP contribution in [0.15, 0.2) is 24.3 Å². The summed E-state index contributed by atoms with van der Waals surface area (Å²) in [5.74, 6) is 1.64. The first-order chi connectivity index (χ1) is 8.74. The summed E-state index contributed by atoms with van der Waals surface area (Å²) in [5.41, 5.74) is 1.30. The summed E-state index contributed by atoms with van der Waals surface area (Å²) in [4.78, 5) is 14.1. The molecule has 0 radical (unpaired) electrons. The number of para-hydroxylation sites is 1. The molecule has 2 fully saturated rings. The van der Waals surface area contributed by atoms with Crippen LogP contribution in [0.1, 0.15) is 24.8 Å². The van der Waals surface area contributed by atoms with Gasteiger partial charge in [-0.1, -0.05) is 18.6 Å². The average molecular weight is 240 g/mol. The van der Waals surface area contributed by atoms with Gasteiger partial charge >= 0.3 is 0 Å². The fourth-order valence-electron chi connectivity index (χ4n) is 3.39. The molecule has 0 saturated heterocycles. The number of rotatable bonds is 2. The van der Waals surface area contributed by atoms with Crippen molar-refractivity contribution in [2.24, 2.45) is 17.8 Å². The van der Waals surface area contributed by atoms with E-state index in [0.717, 1.165) is 5.69 Å². The van der Waals surface area contributed by atoms with Crippen molar-refractivity contribution in [3.63, 3.8) is 0 Å². The van der Waals surface area contributed by atoms with Crippen molar-refractivity contribution in [3.8, 4) is 6.07 Å². The summed E-state index contributed by atoms with van der Waals surface area (Å²) in [6.07, 6.45) is 3.68. The third-order valence-corrected chi connectivity index (χ3v) is 4.41. The van der Waals surface area contributed by atoms with Gasteiger partial charge < -0.3 is 4.90 Å². The maximum absolute atomic E-state index is 12.4. The minimum atomic E-state index is 0.187. The molecule has 0 heterocycles. The summed E-state index contributed by atoms with van der Waals surface area (Å²) in [6.45, 7) is 0. The SMILES string of the molecule is CN(C(=O)C1C2CCCC21)c1ccccc1C#N. The molecule has 2 aliphatic carbocycles. The first-order valence-corrected chi connectivity index (χ1v) is 6.50. The molecule has 3 heteroatoms. The number of anilines is 1. The molecule has 18 heavy (non-hydrogen) atoms. The van der Waals surface area contributed by atoms with E-state index < -0.39 is 0 Å². The largest absolute Gasteiger partial charge is 0.314 e. The quantitative estimate of drug-likeness (QED) is 0.797. The highest BCUT2D eigenvalue weighted by molar-refractivity contribution is 5.97. The van der Waals surface area contributed by atoms with Crippen molar-refractivity contribution in [2.75, 3.05) is 11.9 Å². The molecule has 0 aromatic heterocycles. The van der Waals surface area contributed by atoms with Crippen molar-refractivity contribution >= 4 is 11.6 Å². The molecule has 92 valence electrons. The zero-order chi connectivity index (χ0) is 12.7. The minimum absolute atomic E-state index is 0.187. The molecule has 2 unspecified atom stereocenters. The van der Waals surface area contributed by atoms with Crippen LogP contribution in [0.4, 0.5) is 5.69 Å². The van der Waals surface area contributed by atoms with Crippen LogP contribution in [0.2, 0.25) is 0 Å². The molecule has 1 aromatic carbocycles. The molecule has 3 nitrogen and oxygen atoms in total. The number of nitriles is 1. The van der Waals surface area contributed by atoms with Gasteiger partial charge in [-0.25, -0.2) is 0 Å². The van der Waals surface area contributed by atoms with E-state index in [1.54, 1.807) is 18.0 Å². The molecule has 0 bridgehead atoms. The topological polar surface area (TPSA) is 44.1 Å². The van der Waals surface area contributed by atoms with Crippen molar-refractivity contribution in [3.05, 3.63) is 29.8 Å².